The Morgan fingerprint density at radius 2 is 2.20 bits per heavy atom. The van der Waals surface area contributed by atoms with E-state index in [1.807, 2.05) is 0 Å². The van der Waals surface area contributed by atoms with Crippen molar-refractivity contribution in [2.45, 2.75) is 19.7 Å². The maximum Gasteiger partial charge on any atom is 0.257 e. The minimum Gasteiger partial charge on any atom is -0.379 e. The standard InChI is InChI=1S/C10H16BrNO3/c1-3-9(13)4-6-15-7-5-12-10(14)8(2)11/h2-7H2,1H3,(H,12,14)/i3T. The Bertz CT molecular complexity index is 269. The molecule has 5 heteroatoms. The zero-order valence-corrected chi connectivity index (χ0v) is 10.3. The first-order valence-electron chi connectivity index (χ1n) is 5.18. The van der Waals surface area contributed by atoms with Crippen molar-refractivity contribution < 1.29 is 15.7 Å². The van der Waals surface area contributed by atoms with E-state index in [1.165, 1.54) is 6.92 Å². The first kappa shape index (κ1) is 12.4. The van der Waals surface area contributed by atoms with Crippen LogP contribution in [0.4, 0.5) is 0 Å². The zero-order chi connectivity index (χ0) is 12.6. The topological polar surface area (TPSA) is 55.4 Å². The fraction of sp³-hybridized carbons (Fsp3) is 0.600. The van der Waals surface area contributed by atoms with E-state index in [4.69, 9.17) is 6.11 Å². The molecule has 0 saturated carbocycles. The number of hydrogen-bond acceptors (Lipinski definition) is 3. The average molecular weight is 280 g/mol. The van der Waals surface area contributed by atoms with E-state index < -0.39 is 6.40 Å². The fourth-order valence-electron chi connectivity index (χ4n) is 0.752. The number of Topliss-reactive ketones (excluding diaryl/α,β-unsaturated/α-hetero) is 1. The van der Waals surface area contributed by atoms with Gasteiger partial charge in [-0.15, -0.1) is 0 Å². The molecule has 0 aliphatic rings. The number of hydrogen-bond donors (Lipinski definition) is 1. The number of carbonyl (C=O) groups is 2. The summed E-state index contributed by atoms with van der Waals surface area (Å²) in [6.07, 6.45) is -0.455. The second kappa shape index (κ2) is 8.61. The van der Waals surface area contributed by atoms with Gasteiger partial charge in [-0.25, -0.2) is 0 Å². The van der Waals surface area contributed by atoms with Crippen LogP contribution in [0.15, 0.2) is 11.1 Å². The Labute approximate surface area is 99.6 Å². The molecular weight excluding hydrogens is 262 g/mol. The Morgan fingerprint density at radius 3 is 2.73 bits per heavy atom. The molecule has 0 aromatic carbocycles. The molecule has 1 N–H and O–H groups in total. The molecule has 0 rings (SSSR count). The average Bonchev–Trinajstić information content (AvgIpc) is 2.21. The van der Waals surface area contributed by atoms with Crippen LogP contribution in [0.1, 0.15) is 21.1 Å². The number of rotatable bonds is 8. The summed E-state index contributed by atoms with van der Waals surface area (Å²) in [6.45, 7) is 5.94. The molecule has 0 aromatic rings. The van der Waals surface area contributed by atoms with Crippen molar-refractivity contribution in [1.29, 1.82) is 0 Å². The largest absolute Gasteiger partial charge is 0.379 e. The number of ether oxygens (including phenoxy) is 1. The van der Waals surface area contributed by atoms with Crippen LogP contribution in [0, 0.1) is 0 Å². The lowest BCUT2D eigenvalue weighted by Crippen LogP contribution is -2.27. The molecule has 4 nitrogen and oxygen atoms in total. The van der Waals surface area contributed by atoms with Crippen molar-refractivity contribution in [1.82, 2.24) is 5.32 Å². The van der Waals surface area contributed by atoms with Gasteiger partial charge in [0.05, 0.1) is 17.7 Å². The van der Waals surface area contributed by atoms with E-state index in [9.17, 15) is 9.59 Å². The van der Waals surface area contributed by atoms with E-state index in [2.05, 4.69) is 27.8 Å². The van der Waals surface area contributed by atoms with E-state index in [0.29, 0.717) is 13.2 Å². The van der Waals surface area contributed by atoms with Gasteiger partial charge >= 0.3 is 0 Å². The molecular formula is C10H16BrNO3. The summed E-state index contributed by atoms with van der Waals surface area (Å²) in [7, 11) is 0. The summed E-state index contributed by atoms with van der Waals surface area (Å²) >= 11 is 2.94. The predicted molar refractivity (Wildman–Crippen MR) is 61.8 cm³/mol. The van der Waals surface area contributed by atoms with Crippen LogP contribution < -0.4 is 5.32 Å². The third-order valence-corrected chi connectivity index (χ3v) is 1.95. The molecule has 1 unspecified atom stereocenters. The lowest BCUT2D eigenvalue weighted by Gasteiger charge is -2.04. The third kappa shape index (κ3) is 8.32. The Balaban J connectivity index is 3.38. The quantitative estimate of drug-likeness (QED) is 0.540. The molecule has 1 atom stereocenters. The molecule has 0 saturated heterocycles. The van der Waals surface area contributed by atoms with Crippen LogP contribution in [-0.2, 0) is 14.3 Å². The second-order valence-electron chi connectivity index (χ2n) is 2.78. The van der Waals surface area contributed by atoms with Gasteiger partial charge in [-0.1, -0.05) is 13.5 Å². The zero-order valence-electron chi connectivity index (χ0n) is 9.72. The molecule has 15 heavy (non-hydrogen) atoms. The van der Waals surface area contributed by atoms with Crippen LogP contribution in [0.3, 0.4) is 0 Å². The third-order valence-electron chi connectivity index (χ3n) is 1.59. The molecule has 1 amide bonds. The maximum atomic E-state index is 11.0. The Kier molecular flexibility index (Phi) is 7.12. The smallest absolute Gasteiger partial charge is 0.257 e. The highest BCUT2D eigenvalue weighted by Gasteiger charge is 2.01. The molecule has 0 radical (unpaired) electrons. The van der Waals surface area contributed by atoms with Gasteiger partial charge in [-0.2, -0.15) is 0 Å². The number of ketones is 1. The van der Waals surface area contributed by atoms with Crippen LogP contribution in [-0.4, -0.2) is 31.4 Å². The lowest BCUT2D eigenvalue weighted by molar-refractivity contribution is -0.120. The molecule has 0 aromatic heterocycles. The first-order chi connectivity index (χ1) is 7.45. The maximum absolute atomic E-state index is 11.0. The van der Waals surface area contributed by atoms with Crippen LogP contribution >= 0.6 is 15.9 Å². The highest BCUT2D eigenvalue weighted by molar-refractivity contribution is 9.12. The van der Waals surface area contributed by atoms with Crippen molar-refractivity contribution >= 4 is 27.6 Å². The number of amides is 1. The summed E-state index contributed by atoms with van der Waals surface area (Å²) in [4.78, 5) is 22.0. The molecule has 0 bridgehead atoms. The van der Waals surface area contributed by atoms with Gasteiger partial charge in [-0.05, 0) is 15.9 Å². The van der Waals surface area contributed by atoms with Gasteiger partial charge < -0.3 is 10.1 Å². The summed E-state index contributed by atoms with van der Waals surface area (Å²) in [5, 5.41) is 2.56. The summed E-state index contributed by atoms with van der Waals surface area (Å²) < 4.78 is 12.5. The minimum absolute atomic E-state index is 0.141. The summed E-state index contributed by atoms with van der Waals surface area (Å²) in [5.41, 5.74) is 0. The van der Waals surface area contributed by atoms with Gasteiger partial charge in [-0.3, -0.25) is 9.59 Å². The Morgan fingerprint density at radius 1 is 1.53 bits per heavy atom. The highest BCUT2D eigenvalue weighted by Crippen LogP contribution is 1.98. The van der Waals surface area contributed by atoms with Crippen molar-refractivity contribution in [3.8, 4) is 0 Å². The molecule has 0 heterocycles. The summed E-state index contributed by atoms with van der Waals surface area (Å²) in [6, 6.07) is 0. The summed E-state index contributed by atoms with van der Waals surface area (Å²) in [5.74, 6) is -0.419. The van der Waals surface area contributed by atoms with Crippen LogP contribution in [0.2, 0.25) is 0 Å². The first-order valence-corrected chi connectivity index (χ1v) is 5.39. The number of nitrogens with one attached hydrogen (secondary N) is 1. The van der Waals surface area contributed by atoms with E-state index >= 15 is 0 Å². The molecule has 86 valence electrons. The van der Waals surface area contributed by atoms with Crippen molar-refractivity contribution in [3.05, 3.63) is 11.1 Å². The highest BCUT2D eigenvalue weighted by atomic mass is 79.9. The lowest BCUT2D eigenvalue weighted by atomic mass is 10.2. The van der Waals surface area contributed by atoms with Crippen molar-refractivity contribution in [3.63, 3.8) is 0 Å². The Hall–Kier alpha value is -0.680. The fourth-order valence-corrected chi connectivity index (χ4v) is 0.892. The number of halogens is 1. The molecule has 0 aliphatic carbocycles. The van der Waals surface area contributed by atoms with E-state index in [0.717, 1.165) is 0 Å². The molecule has 0 spiro atoms. The molecule has 0 fully saturated rings. The van der Waals surface area contributed by atoms with Gasteiger partial charge in [0.1, 0.15) is 5.78 Å². The number of carbonyl (C=O) groups excluding carboxylic acids is 2. The SMILES string of the molecule is [3H]C(C)C(=O)CCOCCNC(=O)C(=C)Br. The normalized spacial score (nSPS) is 12.8. The van der Waals surface area contributed by atoms with Crippen LogP contribution in [0.25, 0.3) is 0 Å². The van der Waals surface area contributed by atoms with Gasteiger partial charge in [0, 0.05) is 20.7 Å². The van der Waals surface area contributed by atoms with Gasteiger partial charge in [0.25, 0.3) is 5.91 Å². The molecule has 0 aliphatic heterocycles. The van der Waals surface area contributed by atoms with Gasteiger partial charge in [0.2, 0.25) is 0 Å². The van der Waals surface area contributed by atoms with Crippen molar-refractivity contribution in [2.75, 3.05) is 19.8 Å². The van der Waals surface area contributed by atoms with Crippen LogP contribution in [0.5, 0.6) is 0 Å². The minimum atomic E-state index is -0.694. The van der Waals surface area contributed by atoms with E-state index in [-0.39, 0.29) is 29.2 Å². The van der Waals surface area contributed by atoms with Crippen molar-refractivity contribution in [2.24, 2.45) is 0 Å². The van der Waals surface area contributed by atoms with E-state index in [1.54, 1.807) is 0 Å². The monoisotopic (exact) mass is 279 g/mol. The predicted octanol–water partition coefficient (Wildman–Crippen LogP) is 1.40. The second-order valence-corrected chi connectivity index (χ2v) is 3.74. The van der Waals surface area contributed by atoms with Gasteiger partial charge in [0.15, 0.2) is 0 Å².